The molecule has 2 aromatic rings. The molecule has 0 spiro atoms. The highest BCUT2D eigenvalue weighted by Gasteiger charge is 2.39. The molecule has 2 unspecified atom stereocenters. The average molecular weight is 423 g/mol. The summed E-state index contributed by atoms with van der Waals surface area (Å²) in [6, 6.07) is 6.12. The molecule has 2 aliphatic heterocycles. The van der Waals surface area contributed by atoms with Gasteiger partial charge in [0, 0.05) is 29.9 Å². The molecule has 0 bridgehead atoms. The molecular weight excluding hydrogens is 402 g/mol. The van der Waals surface area contributed by atoms with Crippen LogP contribution in [0.3, 0.4) is 0 Å². The van der Waals surface area contributed by atoms with Crippen LogP contribution in [0.5, 0.6) is 0 Å². The van der Waals surface area contributed by atoms with Gasteiger partial charge in [-0.15, -0.1) is 5.10 Å². The van der Waals surface area contributed by atoms with Gasteiger partial charge in [-0.3, -0.25) is 4.79 Å². The molecule has 8 heteroatoms. The molecule has 0 radical (unpaired) electrons. The molecule has 0 aliphatic carbocycles. The number of carbonyl (C=O) groups is 1. The number of likely N-dealkylation sites (tertiary alicyclic amines) is 1. The van der Waals surface area contributed by atoms with E-state index in [1.807, 2.05) is 11.8 Å². The van der Waals surface area contributed by atoms with E-state index in [0.29, 0.717) is 39.2 Å². The third-order valence-corrected chi connectivity index (χ3v) is 6.39. The first-order valence-electron chi connectivity index (χ1n) is 9.40. The Morgan fingerprint density at radius 2 is 2.18 bits per heavy atom. The van der Waals surface area contributed by atoms with E-state index in [-0.39, 0.29) is 11.9 Å². The third kappa shape index (κ3) is 3.08. The minimum Gasteiger partial charge on any atom is -0.344 e. The van der Waals surface area contributed by atoms with Crippen LogP contribution in [0.2, 0.25) is 10.0 Å². The fraction of sp³-hybridized carbons (Fsp3) is 0.400. The molecule has 1 saturated heterocycles. The van der Waals surface area contributed by atoms with Crippen molar-refractivity contribution in [2.24, 2.45) is 0 Å². The molecule has 0 saturated carbocycles. The average Bonchev–Trinajstić information content (AvgIpc) is 3.28. The van der Waals surface area contributed by atoms with E-state index in [1.165, 1.54) is 10.7 Å². The van der Waals surface area contributed by atoms with Gasteiger partial charge in [-0.25, -0.2) is 4.68 Å². The minimum absolute atomic E-state index is 0.0723. The largest absolute Gasteiger partial charge is 0.344 e. The summed E-state index contributed by atoms with van der Waals surface area (Å²) in [5.41, 5.74) is 1.80. The Labute approximate surface area is 173 Å². The van der Waals surface area contributed by atoms with Crippen molar-refractivity contribution in [1.29, 1.82) is 0 Å². The number of hydrogen-bond acceptors (Lipinski definition) is 3. The number of rotatable bonds is 3. The lowest BCUT2D eigenvalue weighted by Gasteiger charge is -2.33. The van der Waals surface area contributed by atoms with Crippen LogP contribution in [-0.4, -0.2) is 33.2 Å². The summed E-state index contributed by atoms with van der Waals surface area (Å²) in [6.45, 7) is 4.62. The lowest BCUT2D eigenvalue weighted by Crippen LogP contribution is -2.40. The van der Waals surface area contributed by atoms with Crippen LogP contribution in [0.4, 0.5) is 10.2 Å². The zero-order valence-electron chi connectivity index (χ0n) is 15.7. The Kier molecular flexibility index (Phi) is 5.10. The summed E-state index contributed by atoms with van der Waals surface area (Å²) < 4.78 is 15.5. The molecule has 148 valence electrons. The molecule has 1 amide bonds. The molecule has 2 atom stereocenters. The summed E-state index contributed by atoms with van der Waals surface area (Å²) in [5, 5.41) is 7.83. The number of amides is 1. The second-order valence-corrected chi connectivity index (χ2v) is 7.99. The van der Waals surface area contributed by atoms with Gasteiger partial charge in [0.05, 0.1) is 15.6 Å². The molecule has 2 aliphatic rings. The highest BCUT2D eigenvalue weighted by Crippen LogP contribution is 2.42. The fourth-order valence-electron chi connectivity index (χ4n) is 4.22. The highest BCUT2D eigenvalue weighted by atomic mass is 35.5. The second-order valence-electron chi connectivity index (χ2n) is 7.21. The van der Waals surface area contributed by atoms with Crippen molar-refractivity contribution in [2.75, 3.05) is 11.9 Å². The smallest absolute Gasteiger partial charge is 0.254 e. The summed E-state index contributed by atoms with van der Waals surface area (Å²) in [5.74, 6) is -0.224. The maximum atomic E-state index is 14.0. The maximum absolute atomic E-state index is 14.0. The molecule has 1 aromatic carbocycles. The van der Waals surface area contributed by atoms with Crippen LogP contribution in [-0.2, 0) is 4.79 Å². The molecule has 5 nitrogen and oxygen atoms in total. The number of allylic oxidation sites excluding steroid dienone is 1. The Hall–Kier alpha value is -2.05. The first-order chi connectivity index (χ1) is 13.4. The van der Waals surface area contributed by atoms with E-state index in [2.05, 4.69) is 17.3 Å². The maximum Gasteiger partial charge on any atom is 0.254 e. The van der Waals surface area contributed by atoms with Gasteiger partial charge in [0.25, 0.3) is 5.91 Å². The van der Waals surface area contributed by atoms with Crippen molar-refractivity contribution >= 4 is 34.9 Å². The van der Waals surface area contributed by atoms with Crippen molar-refractivity contribution < 1.29 is 9.18 Å². The number of fused-ring (bicyclic) bond motifs is 1. The van der Waals surface area contributed by atoms with E-state index >= 15 is 0 Å². The summed E-state index contributed by atoms with van der Waals surface area (Å²) >= 11 is 12.7. The van der Waals surface area contributed by atoms with Gasteiger partial charge >= 0.3 is 0 Å². The van der Waals surface area contributed by atoms with Crippen molar-refractivity contribution in [3.8, 4) is 0 Å². The Balaban J connectivity index is 1.87. The molecule has 3 heterocycles. The molecule has 4 rings (SSSR count). The van der Waals surface area contributed by atoms with E-state index < -0.39 is 12.0 Å². The van der Waals surface area contributed by atoms with Gasteiger partial charge in [0.2, 0.25) is 5.95 Å². The number of hydrogen-bond donors (Lipinski definition) is 1. The highest BCUT2D eigenvalue weighted by molar-refractivity contribution is 6.42. The van der Waals surface area contributed by atoms with Gasteiger partial charge in [0.15, 0.2) is 0 Å². The quantitative estimate of drug-likeness (QED) is 0.755. The van der Waals surface area contributed by atoms with Gasteiger partial charge in [-0.1, -0.05) is 42.3 Å². The van der Waals surface area contributed by atoms with Crippen LogP contribution in [0.15, 0.2) is 35.5 Å². The SMILES string of the molecule is CCC1CCCN1C(=O)C1=C(C)Nc2cc(F)nn2C1c1cccc(Cl)c1Cl. The first-order valence-corrected chi connectivity index (χ1v) is 10.2. The van der Waals surface area contributed by atoms with Crippen molar-refractivity contribution in [1.82, 2.24) is 14.7 Å². The zero-order valence-corrected chi connectivity index (χ0v) is 17.2. The normalized spacial score (nSPS) is 21.7. The summed E-state index contributed by atoms with van der Waals surface area (Å²) in [4.78, 5) is 15.5. The number of halogens is 3. The monoisotopic (exact) mass is 422 g/mol. The Bertz CT molecular complexity index is 971. The molecule has 1 fully saturated rings. The third-order valence-electron chi connectivity index (χ3n) is 5.56. The van der Waals surface area contributed by atoms with E-state index in [1.54, 1.807) is 18.2 Å². The van der Waals surface area contributed by atoms with Crippen LogP contribution in [0.25, 0.3) is 0 Å². The van der Waals surface area contributed by atoms with E-state index in [0.717, 1.165) is 19.3 Å². The molecule has 28 heavy (non-hydrogen) atoms. The Morgan fingerprint density at radius 1 is 1.39 bits per heavy atom. The second kappa shape index (κ2) is 7.41. The van der Waals surface area contributed by atoms with Crippen LogP contribution >= 0.6 is 23.2 Å². The van der Waals surface area contributed by atoms with Crippen molar-refractivity contribution in [2.45, 2.75) is 45.2 Å². The van der Waals surface area contributed by atoms with Gasteiger partial charge in [-0.2, -0.15) is 4.39 Å². The van der Waals surface area contributed by atoms with Crippen molar-refractivity contribution in [3.63, 3.8) is 0 Å². The van der Waals surface area contributed by atoms with E-state index in [9.17, 15) is 9.18 Å². The number of aromatic nitrogens is 2. The topological polar surface area (TPSA) is 50.2 Å². The number of carbonyl (C=O) groups excluding carboxylic acids is 1. The van der Waals surface area contributed by atoms with E-state index in [4.69, 9.17) is 23.2 Å². The fourth-order valence-corrected chi connectivity index (χ4v) is 4.63. The lowest BCUT2D eigenvalue weighted by molar-refractivity contribution is -0.128. The first kappa shape index (κ1) is 19.3. The summed E-state index contributed by atoms with van der Waals surface area (Å²) in [7, 11) is 0. The molecular formula is C20H21Cl2FN4O. The number of nitrogens with zero attached hydrogens (tertiary/aromatic N) is 3. The lowest BCUT2D eigenvalue weighted by atomic mass is 9.94. The van der Waals surface area contributed by atoms with Gasteiger partial charge in [0.1, 0.15) is 11.9 Å². The van der Waals surface area contributed by atoms with Crippen LogP contribution in [0.1, 0.15) is 44.7 Å². The number of benzene rings is 1. The minimum atomic E-state index is -0.655. The molecule has 1 N–H and O–H groups in total. The number of anilines is 1. The van der Waals surface area contributed by atoms with Crippen LogP contribution < -0.4 is 5.32 Å². The van der Waals surface area contributed by atoms with Gasteiger partial charge < -0.3 is 10.2 Å². The standard InChI is InChI=1S/C20H21Cl2FN4O/c1-3-12-6-5-9-26(12)20(28)17-11(2)24-16-10-15(23)25-27(16)19(17)13-7-4-8-14(21)18(13)22/h4,7-8,10,12,19,24H,3,5-6,9H2,1-2H3. The van der Waals surface area contributed by atoms with Crippen molar-refractivity contribution in [3.05, 3.63) is 57.1 Å². The molecule has 1 aromatic heterocycles. The predicted molar refractivity (Wildman–Crippen MR) is 108 cm³/mol. The Morgan fingerprint density at radius 3 is 2.93 bits per heavy atom. The van der Waals surface area contributed by atoms with Gasteiger partial charge in [-0.05, 0) is 32.3 Å². The summed E-state index contributed by atoms with van der Waals surface area (Å²) in [6.07, 6.45) is 2.87. The zero-order chi connectivity index (χ0) is 20.0. The predicted octanol–water partition coefficient (Wildman–Crippen LogP) is 5.02. The number of nitrogens with one attached hydrogen (secondary N) is 1. The van der Waals surface area contributed by atoms with Crippen LogP contribution in [0, 0.1) is 5.95 Å².